The zero-order valence-electron chi connectivity index (χ0n) is 65.5. The second-order valence-electron chi connectivity index (χ2n) is 28.3. The lowest BCUT2D eigenvalue weighted by Crippen LogP contribution is -2.61. The maximum Gasteiger partial charge on any atom is 0.376 e. The molecular formula is C83H78F16O18S6. The van der Waals surface area contributed by atoms with Gasteiger partial charge in [-0.15, -0.1) is 0 Å². The first kappa shape index (κ1) is 97.0. The fourth-order valence-electron chi connectivity index (χ4n) is 12.1. The first-order valence-electron chi connectivity index (χ1n) is 36.9. The van der Waals surface area contributed by atoms with Crippen LogP contribution in [-0.2, 0) is 109 Å². The Hall–Kier alpha value is -8.20. The van der Waals surface area contributed by atoms with E-state index < -0.39 is 171 Å². The van der Waals surface area contributed by atoms with Crippen molar-refractivity contribution in [2.45, 2.75) is 186 Å². The van der Waals surface area contributed by atoms with Gasteiger partial charge in [0.2, 0.25) is 0 Å². The highest BCUT2D eigenvalue weighted by atomic mass is 32.2. The first-order valence-corrected chi connectivity index (χ1v) is 44.8. The molecule has 40 heteroatoms. The molecule has 0 amide bonds. The Balaban J connectivity index is 0.000000194. The summed E-state index contributed by atoms with van der Waals surface area (Å²) in [6.45, 7) is 0.587. The van der Waals surface area contributed by atoms with Crippen LogP contribution in [0, 0.1) is 0 Å². The number of benzene rings is 9. The van der Waals surface area contributed by atoms with Gasteiger partial charge in [-0.25, -0.2) is 25.3 Å². The Morgan fingerprint density at radius 2 is 0.528 bits per heavy atom. The summed E-state index contributed by atoms with van der Waals surface area (Å²) >= 11 is 0. The highest BCUT2D eigenvalue weighted by molar-refractivity contribution is 7.97. The summed E-state index contributed by atoms with van der Waals surface area (Å²) in [7, 11) is -20.4. The minimum Gasteiger partial charge on any atom is -0.743 e. The van der Waals surface area contributed by atoms with Crippen LogP contribution in [0.15, 0.2) is 281 Å². The van der Waals surface area contributed by atoms with E-state index in [0.29, 0.717) is 37.7 Å². The van der Waals surface area contributed by atoms with E-state index in [1.807, 2.05) is 79.7 Å². The highest BCUT2D eigenvalue weighted by Crippen LogP contribution is 2.51. The van der Waals surface area contributed by atoms with Crippen molar-refractivity contribution in [1.82, 2.24) is 0 Å². The lowest BCUT2D eigenvalue weighted by atomic mass is 10.0. The molecule has 0 N–H and O–H groups in total. The summed E-state index contributed by atoms with van der Waals surface area (Å²) in [5.74, 6) is -30.2. The molecule has 0 radical (unpaired) electrons. The first-order chi connectivity index (χ1) is 57.2. The number of alkyl halides is 16. The van der Waals surface area contributed by atoms with Gasteiger partial charge in [0.15, 0.2) is 110 Å². The van der Waals surface area contributed by atoms with E-state index >= 15 is 0 Å². The van der Waals surface area contributed by atoms with Crippen molar-refractivity contribution in [3.8, 4) is 17.2 Å². The molecule has 3 aliphatic rings. The molecule has 3 aliphatic heterocycles. The number of halogens is 16. The van der Waals surface area contributed by atoms with Gasteiger partial charge in [-0.05, 0) is 206 Å². The molecule has 18 nitrogen and oxygen atoms in total. The molecule has 9 aromatic carbocycles. The van der Waals surface area contributed by atoms with Crippen LogP contribution >= 0.6 is 0 Å². The van der Waals surface area contributed by atoms with Gasteiger partial charge in [0.05, 0.1) is 45.9 Å². The lowest BCUT2D eigenvalue weighted by Gasteiger charge is -2.40. The van der Waals surface area contributed by atoms with Crippen LogP contribution in [0.5, 0.6) is 17.2 Å². The van der Waals surface area contributed by atoms with Gasteiger partial charge in [0.25, 0.3) is 0 Å². The third-order valence-electron chi connectivity index (χ3n) is 19.4. The van der Waals surface area contributed by atoms with Crippen LogP contribution in [0.1, 0.15) is 77.5 Å². The number of ether oxygens (including phenoxy) is 9. The molecule has 6 atom stereocenters. The average Bonchev–Trinajstić information content (AvgIpc) is 1.41. The van der Waals surface area contributed by atoms with Gasteiger partial charge in [0.1, 0.15) is 43.7 Å². The minimum atomic E-state index is -6.02. The molecule has 0 aromatic heterocycles. The number of hydrogen-bond donors (Lipinski definition) is 0. The van der Waals surface area contributed by atoms with E-state index in [2.05, 4.69) is 0 Å². The number of hydrogen-bond acceptors (Lipinski definition) is 18. The molecule has 0 bridgehead atoms. The van der Waals surface area contributed by atoms with Gasteiger partial charge in [0, 0.05) is 34.9 Å². The van der Waals surface area contributed by atoms with Gasteiger partial charge in [-0.3, -0.25) is 0 Å². The average molecular weight is 1860 g/mol. The van der Waals surface area contributed by atoms with E-state index in [9.17, 15) is 109 Å². The molecule has 3 heterocycles. The molecular weight excluding hydrogens is 1780 g/mol. The molecule has 123 heavy (non-hydrogen) atoms. The van der Waals surface area contributed by atoms with Crippen molar-refractivity contribution >= 4 is 63.0 Å². The standard InChI is InChI=1S/C28H24F8O6S2.C28H30F2O6S2.C27H24F6O6S2/c1-18(27(33,34)44(37,38)39)42-20-7-6-10-23(15-20)43(21-8-4-3-5-9-21)22-13-11-19(12-14-22)24(2)40-16-25(29,30)28(35,36)26(31,32)17-41-24;1-21(28(29,30)38(31,32)33)36-23-10-9-13-26(20-23)37(24-11-5-3-6-12-24)25-16-14-22(15-17-25)27(2)34-18-7-4-8-19-35-27;1-18(27(32,33)41(34,35)36)39-20-7-6-10-23(15-20)40(21-8-4-3-5-9-21)22-13-11-19(12-14-22)24(2)37-16-25(28,29)26(30,31)17-38-24/h3-15,18H,16-17H2,1-2H3;3,5-6,9-17,20-21H,4,7-8,18-19H2,1-2H3;3-15,18H,16-17H2,1-2H3. The topological polar surface area (TPSA) is 255 Å². The zero-order valence-corrected chi connectivity index (χ0v) is 70.4. The van der Waals surface area contributed by atoms with Gasteiger partial charge in [-0.1, -0.05) is 72.8 Å². The fourth-order valence-corrected chi connectivity index (χ4v) is 19.8. The SMILES string of the molecule is CC(Oc1cccc([S+](c2ccccc2)c2ccc(C3(C)OCC(F)(F)C(F)(F)C(F)(F)CO3)cc2)c1)C(F)(F)S(=O)(=O)[O-].CC(Oc1cccc([S+](c2ccccc2)c2ccc(C3(C)OCC(F)(F)C(F)(F)CO3)cc2)c1)C(F)(F)S(=O)(=O)[O-].CC(Oc1cccc([S+](c2ccccc2)c2ccc(C3(C)OCCCCCO3)cc2)c1)C(F)(F)S(=O)(=O)[O-]. The van der Waals surface area contributed by atoms with Crippen LogP contribution in [0.25, 0.3) is 0 Å². The molecule has 12 rings (SSSR count). The van der Waals surface area contributed by atoms with Crippen LogP contribution in [0.3, 0.4) is 0 Å². The predicted octanol–water partition coefficient (Wildman–Crippen LogP) is 19.1. The van der Waals surface area contributed by atoms with Crippen molar-refractivity contribution in [2.24, 2.45) is 0 Å². The summed E-state index contributed by atoms with van der Waals surface area (Å²) in [6.07, 6.45) is -3.74. The normalized spacial score (nSPS) is 19.8. The fraction of sp³-hybridized carbons (Fsp3) is 0.349. The van der Waals surface area contributed by atoms with Crippen molar-refractivity contribution in [3.63, 3.8) is 0 Å². The molecule has 0 saturated carbocycles. The summed E-state index contributed by atoms with van der Waals surface area (Å²) in [5.41, 5.74) is 1.06. The van der Waals surface area contributed by atoms with Crippen LogP contribution in [0.2, 0.25) is 0 Å². The lowest BCUT2D eigenvalue weighted by molar-refractivity contribution is -0.387. The zero-order chi connectivity index (χ0) is 90.4. The molecule has 3 fully saturated rings. The quantitative estimate of drug-likeness (QED) is 0.0309. The molecule has 9 aromatic rings. The van der Waals surface area contributed by atoms with Crippen LogP contribution < -0.4 is 14.2 Å². The van der Waals surface area contributed by atoms with E-state index in [4.69, 9.17) is 42.6 Å². The second kappa shape index (κ2) is 37.8. The van der Waals surface area contributed by atoms with Crippen molar-refractivity contribution in [2.75, 3.05) is 39.6 Å². The maximum atomic E-state index is 14.1. The van der Waals surface area contributed by atoms with E-state index in [1.165, 1.54) is 85.8 Å². The summed E-state index contributed by atoms with van der Waals surface area (Å²) in [5, 5.41) is -14.0. The Kier molecular flexibility index (Phi) is 29.8. The summed E-state index contributed by atoms with van der Waals surface area (Å²) in [6, 6.07) is 65.3. The van der Waals surface area contributed by atoms with Gasteiger partial charge >= 0.3 is 45.4 Å². The van der Waals surface area contributed by atoms with Crippen LogP contribution in [-0.4, -0.2) is 142 Å². The Morgan fingerprint density at radius 3 is 0.772 bits per heavy atom. The van der Waals surface area contributed by atoms with Crippen molar-refractivity contribution < 1.29 is 152 Å². The molecule has 666 valence electrons. The molecule has 3 saturated heterocycles. The van der Waals surface area contributed by atoms with Crippen LogP contribution in [0.4, 0.5) is 70.2 Å². The van der Waals surface area contributed by atoms with E-state index in [-0.39, 0.29) is 28.4 Å². The van der Waals surface area contributed by atoms with Gasteiger partial charge < -0.3 is 56.3 Å². The second-order valence-corrected chi connectivity index (χ2v) is 38.8. The molecule has 0 spiro atoms. The van der Waals surface area contributed by atoms with Gasteiger partial charge in [-0.2, -0.15) is 70.2 Å². The Labute approximate surface area is 706 Å². The maximum absolute atomic E-state index is 14.1. The third-order valence-corrected chi connectivity index (χ3v) is 29.0. The van der Waals surface area contributed by atoms with E-state index in [1.54, 1.807) is 84.9 Å². The highest BCUT2D eigenvalue weighted by Gasteiger charge is 2.73. The predicted molar refractivity (Wildman–Crippen MR) is 415 cm³/mol. The van der Waals surface area contributed by atoms with E-state index in [0.717, 1.165) is 72.1 Å². The monoisotopic (exact) mass is 1860 g/mol. The summed E-state index contributed by atoms with van der Waals surface area (Å²) in [4.78, 5) is 6.44. The number of rotatable bonds is 24. The third kappa shape index (κ3) is 22.1. The molecule has 6 unspecified atom stereocenters. The largest absolute Gasteiger partial charge is 0.743 e. The Bertz CT molecular complexity index is 5370. The smallest absolute Gasteiger partial charge is 0.376 e. The van der Waals surface area contributed by atoms with Crippen molar-refractivity contribution in [1.29, 1.82) is 0 Å². The summed E-state index contributed by atoms with van der Waals surface area (Å²) < 4.78 is 370. The van der Waals surface area contributed by atoms with Crippen molar-refractivity contribution in [3.05, 3.63) is 253 Å². The molecule has 0 aliphatic carbocycles. The Morgan fingerprint density at radius 1 is 0.309 bits per heavy atom. The minimum absolute atomic E-state index is 0.0345.